The number of hydrogen-bond acceptors (Lipinski definition) is 2. The summed E-state index contributed by atoms with van der Waals surface area (Å²) >= 11 is 0. The van der Waals surface area contributed by atoms with Gasteiger partial charge < -0.3 is 10.2 Å². The molecule has 0 aliphatic carbocycles. The molecule has 7 heteroatoms. The number of urea groups is 1. The maximum Gasteiger partial charge on any atom is 0.324 e. The highest BCUT2D eigenvalue weighted by atomic mass is 19.1. The van der Waals surface area contributed by atoms with E-state index in [4.69, 9.17) is 0 Å². The number of hydrogen-bond donors (Lipinski definition) is 1. The lowest BCUT2D eigenvalue weighted by Crippen LogP contribution is -2.49. The molecular weight excluding hydrogens is 412 g/mol. The highest BCUT2D eigenvalue weighted by molar-refractivity contribution is 5.95. The van der Waals surface area contributed by atoms with Crippen molar-refractivity contribution in [2.24, 2.45) is 0 Å². The Kier molecular flexibility index (Phi) is 6.44. The van der Waals surface area contributed by atoms with Gasteiger partial charge in [0.25, 0.3) is 0 Å². The fourth-order valence-electron chi connectivity index (χ4n) is 3.72. The molecule has 0 radical (unpaired) electrons. The molecular formula is C25H23F2N3O2. The second-order valence-electron chi connectivity index (χ2n) is 7.74. The number of carbonyl (C=O) groups is 2. The summed E-state index contributed by atoms with van der Waals surface area (Å²) in [6, 6.07) is 18.9. The number of carbonyl (C=O) groups excluding carboxylic acids is 2. The summed E-state index contributed by atoms with van der Waals surface area (Å²) in [6.45, 7) is 1.61. The molecule has 0 spiro atoms. The van der Waals surface area contributed by atoms with Crippen LogP contribution in [0.5, 0.6) is 0 Å². The molecule has 1 fully saturated rings. The topological polar surface area (TPSA) is 52.7 Å². The molecule has 164 valence electrons. The first-order valence-corrected chi connectivity index (χ1v) is 10.4. The van der Waals surface area contributed by atoms with Gasteiger partial charge in [0.05, 0.1) is 6.42 Å². The predicted octanol–water partition coefficient (Wildman–Crippen LogP) is 4.98. The second-order valence-corrected chi connectivity index (χ2v) is 7.74. The Bertz CT molecular complexity index is 1100. The summed E-state index contributed by atoms with van der Waals surface area (Å²) in [5, 5.41) is 2.84. The van der Waals surface area contributed by atoms with Gasteiger partial charge in [0.15, 0.2) is 0 Å². The van der Waals surface area contributed by atoms with Crippen molar-refractivity contribution < 1.29 is 18.4 Å². The van der Waals surface area contributed by atoms with Gasteiger partial charge in [0.1, 0.15) is 11.6 Å². The van der Waals surface area contributed by atoms with Crippen molar-refractivity contribution in [3.05, 3.63) is 95.6 Å². The first-order valence-electron chi connectivity index (χ1n) is 10.4. The van der Waals surface area contributed by atoms with Crippen molar-refractivity contribution in [2.45, 2.75) is 19.4 Å². The molecule has 1 aliphatic rings. The van der Waals surface area contributed by atoms with Crippen LogP contribution in [0.15, 0.2) is 72.8 Å². The third kappa shape index (κ3) is 5.29. The van der Waals surface area contributed by atoms with Crippen LogP contribution < -0.4 is 10.2 Å². The molecule has 3 aromatic rings. The van der Waals surface area contributed by atoms with Crippen LogP contribution in [0.3, 0.4) is 0 Å². The minimum absolute atomic E-state index is 0.124. The molecule has 5 nitrogen and oxygen atoms in total. The quantitative estimate of drug-likeness (QED) is 0.594. The van der Waals surface area contributed by atoms with Crippen molar-refractivity contribution >= 4 is 23.3 Å². The summed E-state index contributed by atoms with van der Waals surface area (Å²) in [5.74, 6) is -0.878. The highest BCUT2D eigenvalue weighted by Gasteiger charge is 2.27. The van der Waals surface area contributed by atoms with Crippen LogP contribution in [0.25, 0.3) is 0 Å². The number of anilines is 2. The Labute approximate surface area is 185 Å². The maximum absolute atomic E-state index is 13.2. The van der Waals surface area contributed by atoms with Gasteiger partial charge in [-0.2, -0.15) is 0 Å². The SMILES string of the molecule is O=C(Cc1ccc(F)cc1)Nc1cccc(N2CCCN(Cc3ccc(F)cc3)C2=O)c1. The van der Waals surface area contributed by atoms with E-state index >= 15 is 0 Å². The van der Waals surface area contributed by atoms with E-state index in [2.05, 4.69) is 5.32 Å². The van der Waals surface area contributed by atoms with Gasteiger partial charge in [-0.05, 0) is 60.0 Å². The van der Waals surface area contributed by atoms with E-state index in [-0.39, 0.29) is 30.0 Å². The number of amides is 3. The van der Waals surface area contributed by atoms with E-state index in [0.717, 1.165) is 12.0 Å². The van der Waals surface area contributed by atoms with Crippen molar-refractivity contribution in [2.75, 3.05) is 23.3 Å². The fourth-order valence-corrected chi connectivity index (χ4v) is 3.72. The van der Waals surface area contributed by atoms with Gasteiger partial charge in [-0.1, -0.05) is 30.3 Å². The van der Waals surface area contributed by atoms with Crippen molar-refractivity contribution in [1.29, 1.82) is 0 Å². The minimum atomic E-state index is -0.346. The Morgan fingerprint density at radius 3 is 2.22 bits per heavy atom. The van der Waals surface area contributed by atoms with Crippen molar-refractivity contribution in [3.8, 4) is 0 Å². The van der Waals surface area contributed by atoms with E-state index in [1.165, 1.54) is 24.3 Å². The van der Waals surface area contributed by atoms with E-state index in [9.17, 15) is 18.4 Å². The molecule has 1 heterocycles. The van der Waals surface area contributed by atoms with Gasteiger partial charge in [-0.25, -0.2) is 13.6 Å². The average Bonchev–Trinajstić information content (AvgIpc) is 2.78. The number of halogens is 2. The molecule has 1 saturated heterocycles. The molecule has 1 aliphatic heterocycles. The summed E-state index contributed by atoms with van der Waals surface area (Å²) in [7, 11) is 0. The Balaban J connectivity index is 1.42. The molecule has 32 heavy (non-hydrogen) atoms. The molecule has 3 aromatic carbocycles. The Morgan fingerprint density at radius 2 is 1.53 bits per heavy atom. The normalized spacial score (nSPS) is 13.9. The van der Waals surface area contributed by atoms with Crippen molar-refractivity contribution in [3.63, 3.8) is 0 Å². The Morgan fingerprint density at radius 1 is 0.875 bits per heavy atom. The van der Waals surface area contributed by atoms with Gasteiger partial charge in [0.2, 0.25) is 5.91 Å². The average molecular weight is 435 g/mol. The van der Waals surface area contributed by atoms with E-state index in [1.807, 2.05) is 6.07 Å². The summed E-state index contributed by atoms with van der Waals surface area (Å²) in [4.78, 5) is 28.9. The zero-order chi connectivity index (χ0) is 22.5. The van der Waals surface area contributed by atoms with Gasteiger partial charge >= 0.3 is 6.03 Å². The molecule has 3 amide bonds. The third-order valence-corrected chi connectivity index (χ3v) is 5.32. The third-order valence-electron chi connectivity index (χ3n) is 5.32. The number of benzene rings is 3. The molecule has 0 saturated carbocycles. The van der Waals surface area contributed by atoms with Crippen molar-refractivity contribution in [1.82, 2.24) is 4.90 Å². The zero-order valence-corrected chi connectivity index (χ0v) is 17.4. The smallest absolute Gasteiger partial charge is 0.324 e. The predicted molar refractivity (Wildman–Crippen MR) is 119 cm³/mol. The molecule has 1 N–H and O–H groups in total. The fraction of sp³-hybridized carbons (Fsp3) is 0.200. The van der Waals surface area contributed by atoms with Gasteiger partial charge in [-0.3, -0.25) is 9.69 Å². The number of nitrogens with one attached hydrogen (secondary N) is 1. The minimum Gasteiger partial charge on any atom is -0.326 e. The van der Waals surface area contributed by atoms with Crippen LogP contribution in [-0.2, 0) is 17.8 Å². The number of nitrogens with zero attached hydrogens (tertiary/aromatic N) is 2. The number of rotatable bonds is 6. The van der Waals surface area contributed by atoms with Crippen LogP contribution in [0, 0.1) is 11.6 Å². The zero-order valence-electron chi connectivity index (χ0n) is 17.4. The van der Waals surface area contributed by atoms with Crippen LogP contribution in [0.1, 0.15) is 17.5 Å². The van der Waals surface area contributed by atoms with E-state index in [0.29, 0.717) is 36.6 Å². The van der Waals surface area contributed by atoms with E-state index < -0.39 is 0 Å². The van der Waals surface area contributed by atoms with Crippen LogP contribution in [0.2, 0.25) is 0 Å². The van der Waals surface area contributed by atoms with Gasteiger partial charge in [-0.15, -0.1) is 0 Å². The van der Waals surface area contributed by atoms with E-state index in [1.54, 1.807) is 52.3 Å². The first-order chi connectivity index (χ1) is 15.5. The van der Waals surface area contributed by atoms with Crippen LogP contribution in [0.4, 0.5) is 25.0 Å². The van der Waals surface area contributed by atoms with Crippen LogP contribution in [-0.4, -0.2) is 29.9 Å². The summed E-state index contributed by atoms with van der Waals surface area (Å²) in [5.41, 5.74) is 2.85. The van der Waals surface area contributed by atoms with Crippen LogP contribution >= 0.6 is 0 Å². The second kappa shape index (κ2) is 9.60. The standard InChI is InChI=1S/C25H23F2N3O2/c26-20-9-5-18(6-10-20)15-24(31)28-22-3-1-4-23(16-22)30-14-2-13-29(25(30)32)17-19-7-11-21(27)12-8-19/h1,3-12,16H,2,13-15,17H2,(H,28,31). The molecule has 0 bridgehead atoms. The monoisotopic (exact) mass is 435 g/mol. The maximum atomic E-state index is 13.2. The molecule has 4 rings (SSSR count). The first kappa shape index (κ1) is 21.5. The summed E-state index contributed by atoms with van der Waals surface area (Å²) in [6.07, 6.45) is 0.923. The lowest BCUT2D eigenvalue weighted by atomic mass is 10.1. The molecule has 0 atom stereocenters. The highest BCUT2D eigenvalue weighted by Crippen LogP contribution is 2.24. The summed E-state index contributed by atoms with van der Waals surface area (Å²) < 4.78 is 26.2. The Hall–Kier alpha value is -3.74. The lowest BCUT2D eigenvalue weighted by molar-refractivity contribution is -0.115. The molecule has 0 unspecified atom stereocenters. The largest absolute Gasteiger partial charge is 0.326 e. The van der Waals surface area contributed by atoms with Gasteiger partial charge in [0, 0.05) is 31.0 Å². The molecule has 0 aromatic heterocycles. The lowest BCUT2D eigenvalue weighted by Gasteiger charge is -2.36.